The quantitative estimate of drug-likeness (QED) is 0.843. The summed E-state index contributed by atoms with van der Waals surface area (Å²) in [5.41, 5.74) is 1.96. The lowest BCUT2D eigenvalue weighted by atomic mass is 10.2. The average Bonchev–Trinajstić information content (AvgIpc) is 2.73. The van der Waals surface area contributed by atoms with Gasteiger partial charge in [0.2, 0.25) is 5.91 Å². The Morgan fingerprint density at radius 3 is 3.00 bits per heavy atom. The van der Waals surface area contributed by atoms with Gasteiger partial charge in [0.15, 0.2) is 4.77 Å². The van der Waals surface area contributed by atoms with E-state index in [9.17, 15) is 4.79 Å². The fourth-order valence-electron chi connectivity index (χ4n) is 2.07. The molecule has 0 spiro atoms. The lowest BCUT2D eigenvalue weighted by Crippen LogP contribution is -2.30. The van der Waals surface area contributed by atoms with Crippen LogP contribution >= 0.6 is 12.2 Å². The predicted octanol–water partition coefficient (Wildman–Crippen LogP) is 2.27. The van der Waals surface area contributed by atoms with Gasteiger partial charge < -0.3 is 14.9 Å². The second-order valence-corrected chi connectivity index (χ2v) is 4.57. The molecule has 19 heavy (non-hydrogen) atoms. The zero-order chi connectivity index (χ0) is 14.0. The molecule has 1 aromatic carbocycles. The third-order valence-electron chi connectivity index (χ3n) is 2.99. The number of likely N-dealkylation sites (N-methyl/N-ethyl adjacent to an activating group) is 1. The van der Waals surface area contributed by atoms with Crippen LogP contribution in [0.15, 0.2) is 18.2 Å². The lowest BCUT2D eigenvalue weighted by Gasteiger charge is -2.13. The summed E-state index contributed by atoms with van der Waals surface area (Å²) in [6.45, 7) is 4.22. The maximum Gasteiger partial charge on any atom is 0.242 e. The minimum Gasteiger partial charge on any atom is -0.355 e. The number of carbonyl (C=O) groups is 1. The molecule has 1 amide bonds. The molecule has 0 aliphatic rings. The number of aromatic nitrogens is 2. The monoisotopic (exact) mass is 274 g/mol. The molecular formula is C13H14N4OS. The van der Waals surface area contributed by atoms with Crippen molar-refractivity contribution in [3.8, 4) is 6.07 Å². The number of nitriles is 1. The van der Waals surface area contributed by atoms with Crippen molar-refractivity contribution in [1.29, 1.82) is 5.26 Å². The van der Waals surface area contributed by atoms with E-state index in [2.05, 4.69) is 16.4 Å². The van der Waals surface area contributed by atoms with Crippen LogP contribution in [0.25, 0.3) is 11.0 Å². The number of para-hydroxylation sites is 1. The number of nitrogens with one attached hydrogen (secondary N) is 2. The standard InChI is InChI=1S/C13H14N4OS/c1-3-15-12(18)8(2)17-10-6-4-5-9(7-14)11(10)16-13(17)19/h4-6,8H,3H2,1-2H3,(H,15,18)(H,16,19). The molecule has 0 saturated heterocycles. The van der Waals surface area contributed by atoms with Crippen molar-refractivity contribution in [2.24, 2.45) is 0 Å². The van der Waals surface area contributed by atoms with Crippen molar-refractivity contribution in [3.63, 3.8) is 0 Å². The minimum absolute atomic E-state index is 0.0955. The fraction of sp³-hybridized carbons (Fsp3) is 0.308. The molecule has 98 valence electrons. The highest BCUT2D eigenvalue weighted by atomic mass is 32.1. The predicted molar refractivity (Wildman–Crippen MR) is 75.2 cm³/mol. The van der Waals surface area contributed by atoms with Crippen molar-refractivity contribution in [2.75, 3.05) is 6.54 Å². The summed E-state index contributed by atoms with van der Waals surface area (Å²) in [6, 6.07) is 7.04. The summed E-state index contributed by atoms with van der Waals surface area (Å²) in [5, 5.41) is 11.8. The molecule has 5 nitrogen and oxygen atoms in total. The summed E-state index contributed by atoms with van der Waals surface area (Å²) < 4.78 is 2.17. The Morgan fingerprint density at radius 2 is 2.37 bits per heavy atom. The summed E-state index contributed by atoms with van der Waals surface area (Å²) >= 11 is 5.26. The number of hydrogen-bond donors (Lipinski definition) is 2. The van der Waals surface area contributed by atoms with Crippen molar-refractivity contribution < 1.29 is 4.79 Å². The van der Waals surface area contributed by atoms with Gasteiger partial charge in [-0.15, -0.1) is 0 Å². The van der Waals surface area contributed by atoms with E-state index in [1.807, 2.05) is 13.0 Å². The molecule has 6 heteroatoms. The molecule has 0 radical (unpaired) electrons. The van der Waals surface area contributed by atoms with Crippen molar-refractivity contribution in [1.82, 2.24) is 14.9 Å². The van der Waals surface area contributed by atoms with Gasteiger partial charge >= 0.3 is 0 Å². The average molecular weight is 274 g/mol. The Hall–Kier alpha value is -2.13. The van der Waals surface area contributed by atoms with Gasteiger partial charge in [0.05, 0.1) is 16.6 Å². The Kier molecular flexibility index (Phi) is 3.67. The molecule has 1 aromatic heterocycles. The fourth-order valence-corrected chi connectivity index (χ4v) is 2.42. The molecule has 1 atom stereocenters. The molecular weight excluding hydrogens is 260 g/mol. The minimum atomic E-state index is -0.421. The zero-order valence-electron chi connectivity index (χ0n) is 10.7. The summed E-state index contributed by atoms with van der Waals surface area (Å²) in [6.07, 6.45) is 0. The molecule has 1 unspecified atom stereocenters. The zero-order valence-corrected chi connectivity index (χ0v) is 11.5. The number of aromatic amines is 1. The van der Waals surface area contributed by atoms with E-state index in [0.717, 1.165) is 5.52 Å². The van der Waals surface area contributed by atoms with Crippen molar-refractivity contribution in [3.05, 3.63) is 28.5 Å². The Labute approximate surface area is 115 Å². The summed E-state index contributed by atoms with van der Waals surface area (Å²) in [7, 11) is 0. The van der Waals surface area contributed by atoms with Gasteiger partial charge in [-0.2, -0.15) is 5.26 Å². The SMILES string of the molecule is CCNC(=O)C(C)n1c(=S)[nH]c2c(C#N)cccc21. The number of imidazole rings is 1. The van der Waals surface area contributed by atoms with Crippen LogP contribution in [-0.2, 0) is 4.79 Å². The summed E-state index contributed by atoms with van der Waals surface area (Å²) in [4.78, 5) is 14.9. The second kappa shape index (κ2) is 5.24. The number of rotatable bonds is 3. The molecule has 0 aliphatic heterocycles. The first-order valence-corrected chi connectivity index (χ1v) is 6.42. The van der Waals surface area contributed by atoms with Crippen LogP contribution in [0.5, 0.6) is 0 Å². The molecule has 1 heterocycles. The van der Waals surface area contributed by atoms with Crippen LogP contribution < -0.4 is 5.32 Å². The number of nitrogens with zero attached hydrogens (tertiary/aromatic N) is 2. The third-order valence-corrected chi connectivity index (χ3v) is 3.29. The summed E-state index contributed by atoms with van der Waals surface area (Å²) in [5.74, 6) is -0.0955. The molecule has 0 fully saturated rings. The van der Waals surface area contributed by atoms with E-state index in [1.165, 1.54) is 0 Å². The number of benzene rings is 1. The van der Waals surface area contributed by atoms with Gasteiger partial charge in [0, 0.05) is 6.54 Å². The number of carbonyl (C=O) groups excluding carboxylic acids is 1. The molecule has 0 bridgehead atoms. The maximum absolute atomic E-state index is 11.9. The van der Waals surface area contributed by atoms with Gasteiger partial charge in [-0.1, -0.05) is 6.07 Å². The van der Waals surface area contributed by atoms with Gasteiger partial charge in [-0.25, -0.2) is 0 Å². The first kappa shape index (κ1) is 13.3. The normalized spacial score (nSPS) is 12.1. The van der Waals surface area contributed by atoms with Gasteiger partial charge in [-0.3, -0.25) is 4.79 Å². The Balaban J connectivity index is 2.62. The molecule has 2 N–H and O–H groups in total. The number of amides is 1. The Bertz CT molecular complexity index is 722. The van der Waals surface area contributed by atoms with Crippen LogP contribution in [-0.4, -0.2) is 22.0 Å². The van der Waals surface area contributed by atoms with Gasteiger partial charge in [0.25, 0.3) is 0 Å². The van der Waals surface area contributed by atoms with Crippen molar-refractivity contribution in [2.45, 2.75) is 19.9 Å². The van der Waals surface area contributed by atoms with E-state index in [0.29, 0.717) is 22.4 Å². The highest BCUT2D eigenvalue weighted by molar-refractivity contribution is 7.71. The van der Waals surface area contributed by atoms with E-state index >= 15 is 0 Å². The molecule has 2 rings (SSSR count). The number of H-pyrrole nitrogens is 1. The smallest absolute Gasteiger partial charge is 0.242 e. The topological polar surface area (TPSA) is 73.6 Å². The maximum atomic E-state index is 11.9. The van der Waals surface area contributed by atoms with Crippen LogP contribution in [0.2, 0.25) is 0 Å². The van der Waals surface area contributed by atoms with Crippen LogP contribution in [0, 0.1) is 16.1 Å². The van der Waals surface area contributed by atoms with Crippen LogP contribution in [0.3, 0.4) is 0 Å². The highest BCUT2D eigenvalue weighted by Crippen LogP contribution is 2.21. The van der Waals surface area contributed by atoms with Gasteiger partial charge in [-0.05, 0) is 38.2 Å². The largest absolute Gasteiger partial charge is 0.355 e. The van der Waals surface area contributed by atoms with Crippen LogP contribution in [0.4, 0.5) is 0 Å². The molecule has 2 aromatic rings. The van der Waals surface area contributed by atoms with E-state index in [4.69, 9.17) is 17.5 Å². The van der Waals surface area contributed by atoms with Gasteiger partial charge in [0.1, 0.15) is 12.1 Å². The lowest BCUT2D eigenvalue weighted by molar-refractivity contribution is -0.123. The molecule has 0 saturated carbocycles. The van der Waals surface area contributed by atoms with Crippen LogP contribution in [0.1, 0.15) is 25.5 Å². The van der Waals surface area contributed by atoms with E-state index in [1.54, 1.807) is 23.6 Å². The first-order valence-electron chi connectivity index (χ1n) is 6.01. The van der Waals surface area contributed by atoms with E-state index < -0.39 is 6.04 Å². The third kappa shape index (κ3) is 2.25. The van der Waals surface area contributed by atoms with E-state index in [-0.39, 0.29) is 5.91 Å². The second-order valence-electron chi connectivity index (χ2n) is 4.18. The molecule has 0 aliphatic carbocycles. The Morgan fingerprint density at radius 1 is 1.63 bits per heavy atom. The number of fused-ring (bicyclic) bond motifs is 1. The van der Waals surface area contributed by atoms with Crippen molar-refractivity contribution >= 4 is 29.2 Å². The first-order chi connectivity index (χ1) is 9.10. The number of hydrogen-bond acceptors (Lipinski definition) is 3. The highest BCUT2D eigenvalue weighted by Gasteiger charge is 2.18.